The summed E-state index contributed by atoms with van der Waals surface area (Å²) in [6, 6.07) is 9.19. The monoisotopic (exact) mass is 259 g/mol. The highest BCUT2D eigenvalue weighted by atomic mass is 16.3. The summed E-state index contributed by atoms with van der Waals surface area (Å²) >= 11 is 0. The number of aryl methyl sites for hydroxylation is 1. The van der Waals surface area contributed by atoms with E-state index in [9.17, 15) is 10.4 Å². The van der Waals surface area contributed by atoms with Crippen molar-refractivity contribution in [2.24, 2.45) is 5.11 Å². The van der Waals surface area contributed by atoms with Crippen LogP contribution in [0.5, 0.6) is 5.75 Å². The standard InChI is InChI=1S/C13H17N5O/c1-13(10-14,16-8-9-17-18-15)7-6-11-2-4-12(19)5-3-11/h2-5,16,19H,6-9H2,1H3. The third kappa shape index (κ3) is 5.30. The van der Waals surface area contributed by atoms with Gasteiger partial charge >= 0.3 is 0 Å². The van der Waals surface area contributed by atoms with E-state index in [1.54, 1.807) is 12.1 Å². The van der Waals surface area contributed by atoms with Crippen molar-refractivity contribution in [1.82, 2.24) is 5.32 Å². The Kier molecular flexibility index (Phi) is 5.68. The van der Waals surface area contributed by atoms with E-state index in [0.29, 0.717) is 19.5 Å². The van der Waals surface area contributed by atoms with E-state index in [0.717, 1.165) is 12.0 Å². The van der Waals surface area contributed by atoms with Crippen LogP contribution in [-0.4, -0.2) is 23.7 Å². The summed E-state index contributed by atoms with van der Waals surface area (Å²) in [4.78, 5) is 2.66. The fourth-order valence-electron chi connectivity index (χ4n) is 1.67. The van der Waals surface area contributed by atoms with Gasteiger partial charge in [-0.25, -0.2) is 0 Å². The predicted molar refractivity (Wildman–Crippen MR) is 72.5 cm³/mol. The highest BCUT2D eigenvalue weighted by Crippen LogP contribution is 2.16. The second-order valence-electron chi connectivity index (χ2n) is 4.49. The fraction of sp³-hybridized carbons (Fsp3) is 0.462. The van der Waals surface area contributed by atoms with E-state index in [4.69, 9.17) is 5.53 Å². The van der Waals surface area contributed by atoms with Crippen LogP contribution in [0.4, 0.5) is 0 Å². The zero-order valence-corrected chi connectivity index (χ0v) is 10.9. The predicted octanol–water partition coefficient (Wildman–Crippen LogP) is 2.51. The van der Waals surface area contributed by atoms with Crippen molar-refractivity contribution < 1.29 is 5.11 Å². The van der Waals surface area contributed by atoms with E-state index in [2.05, 4.69) is 21.4 Å². The first kappa shape index (κ1) is 14.8. The summed E-state index contributed by atoms with van der Waals surface area (Å²) in [6.07, 6.45) is 1.38. The van der Waals surface area contributed by atoms with Gasteiger partial charge in [-0.15, -0.1) is 0 Å². The van der Waals surface area contributed by atoms with Gasteiger partial charge in [0.15, 0.2) is 0 Å². The largest absolute Gasteiger partial charge is 0.508 e. The number of azide groups is 1. The number of nitrogens with zero attached hydrogens (tertiary/aromatic N) is 4. The summed E-state index contributed by atoms with van der Waals surface area (Å²) < 4.78 is 0. The molecule has 0 spiro atoms. The number of hydrogen-bond acceptors (Lipinski definition) is 4. The molecular formula is C13H17N5O. The summed E-state index contributed by atoms with van der Waals surface area (Å²) in [7, 11) is 0. The van der Waals surface area contributed by atoms with Crippen molar-refractivity contribution in [1.29, 1.82) is 5.26 Å². The molecule has 1 aromatic carbocycles. The Morgan fingerprint density at radius 2 is 2.16 bits per heavy atom. The lowest BCUT2D eigenvalue weighted by atomic mass is 9.94. The minimum Gasteiger partial charge on any atom is -0.508 e. The van der Waals surface area contributed by atoms with E-state index in [-0.39, 0.29) is 5.75 Å². The van der Waals surface area contributed by atoms with Crippen molar-refractivity contribution in [3.63, 3.8) is 0 Å². The van der Waals surface area contributed by atoms with Gasteiger partial charge in [-0.05, 0) is 43.0 Å². The molecule has 6 nitrogen and oxygen atoms in total. The van der Waals surface area contributed by atoms with Gasteiger partial charge in [-0.2, -0.15) is 5.26 Å². The number of rotatable bonds is 7. The Morgan fingerprint density at radius 1 is 1.47 bits per heavy atom. The number of nitriles is 1. The molecule has 1 aromatic rings. The quantitative estimate of drug-likeness (QED) is 0.340. The lowest BCUT2D eigenvalue weighted by Gasteiger charge is -2.22. The van der Waals surface area contributed by atoms with Gasteiger partial charge in [0, 0.05) is 18.0 Å². The van der Waals surface area contributed by atoms with Crippen LogP contribution in [0, 0.1) is 11.3 Å². The van der Waals surface area contributed by atoms with Crippen LogP contribution in [0.15, 0.2) is 29.4 Å². The molecule has 2 N–H and O–H groups in total. The maximum Gasteiger partial charge on any atom is 0.115 e. The minimum absolute atomic E-state index is 0.235. The first-order valence-electron chi connectivity index (χ1n) is 6.05. The Hall–Kier alpha value is -2.22. The Balaban J connectivity index is 2.49. The molecule has 1 atom stereocenters. The molecule has 0 radical (unpaired) electrons. The molecule has 0 fully saturated rings. The normalized spacial score (nSPS) is 13.1. The lowest BCUT2D eigenvalue weighted by Crippen LogP contribution is -2.42. The number of nitrogens with one attached hydrogen (secondary N) is 1. The molecule has 0 aliphatic carbocycles. The van der Waals surface area contributed by atoms with E-state index in [1.165, 1.54) is 0 Å². The highest BCUT2D eigenvalue weighted by Gasteiger charge is 2.22. The lowest BCUT2D eigenvalue weighted by molar-refractivity contribution is 0.423. The molecule has 0 saturated heterocycles. The van der Waals surface area contributed by atoms with Crippen molar-refractivity contribution in [3.05, 3.63) is 40.3 Å². The average Bonchev–Trinajstić information content (AvgIpc) is 2.43. The van der Waals surface area contributed by atoms with Crippen LogP contribution in [-0.2, 0) is 6.42 Å². The molecule has 100 valence electrons. The Labute approximate surface area is 112 Å². The summed E-state index contributed by atoms with van der Waals surface area (Å²) in [5, 5.41) is 24.9. The maximum absolute atomic E-state index is 9.21. The van der Waals surface area contributed by atoms with Crippen LogP contribution in [0.25, 0.3) is 10.4 Å². The van der Waals surface area contributed by atoms with E-state index in [1.807, 2.05) is 19.1 Å². The molecule has 19 heavy (non-hydrogen) atoms. The van der Waals surface area contributed by atoms with Gasteiger partial charge in [-0.1, -0.05) is 17.2 Å². The third-order valence-electron chi connectivity index (χ3n) is 2.89. The zero-order chi connectivity index (χ0) is 14.1. The average molecular weight is 259 g/mol. The van der Waals surface area contributed by atoms with Crippen LogP contribution < -0.4 is 5.32 Å². The number of hydrogen-bond donors (Lipinski definition) is 2. The first-order valence-corrected chi connectivity index (χ1v) is 6.05. The molecular weight excluding hydrogens is 242 g/mol. The Morgan fingerprint density at radius 3 is 2.74 bits per heavy atom. The first-order chi connectivity index (χ1) is 9.09. The highest BCUT2D eigenvalue weighted by molar-refractivity contribution is 5.26. The van der Waals surface area contributed by atoms with Crippen LogP contribution in [0.1, 0.15) is 18.9 Å². The van der Waals surface area contributed by atoms with E-state index < -0.39 is 5.54 Å². The van der Waals surface area contributed by atoms with Crippen LogP contribution >= 0.6 is 0 Å². The third-order valence-corrected chi connectivity index (χ3v) is 2.89. The minimum atomic E-state index is -0.650. The molecule has 0 aromatic heterocycles. The van der Waals surface area contributed by atoms with Gasteiger partial charge in [0.25, 0.3) is 0 Å². The molecule has 0 aliphatic rings. The van der Waals surface area contributed by atoms with Crippen molar-refractivity contribution in [2.75, 3.05) is 13.1 Å². The van der Waals surface area contributed by atoms with Gasteiger partial charge < -0.3 is 5.11 Å². The Bertz CT molecular complexity index is 487. The van der Waals surface area contributed by atoms with Crippen molar-refractivity contribution in [3.8, 4) is 11.8 Å². The maximum atomic E-state index is 9.21. The summed E-state index contributed by atoms with van der Waals surface area (Å²) in [5.74, 6) is 0.235. The molecule has 0 saturated carbocycles. The fourth-order valence-corrected chi connectivity index (χ4v) is 1.67. The SMILES string of the molecule is CC(C#N)(CCc1ccc(O)cc1)NCCN=[N+]=[N-]. The smallest absolute Gasteiger partial charge is 0.115 e. The van der Waals surface area contributed by atoms with Gasteiger partial charge in [0.2, 0.25) is 0 Å². The number of phenols is 1. The molecule has 1 rings (SSSR count). The van der Waals surface area contributed by atoms with Gasteiger partial charge in [0.05, 0.1) is 6.07 Å². The van der Waals surface area contributed by atoms with Crippen molar-refractivity contribution in [2.45, 2.75) is 25.3 Å². The number of aromatic hydroxyl groups is 1. The topological polar surface area (TPSA) is 105 Å². The molecule has 0 heterocycles. The van der Waals surface area contributed by atoms with Crippen molar-refractivity contribution >= 4 is 0 Å². The van der Waals surface area contributed by atoms with Gasteiger partial charge in [0.1, 0.15) is 11.3 Å². The second-order valence-corrected chi connectivity index (χ2v) is 4.49. The van der Waals surface area contributed by atoms with Crippen LogP contribution in [0.3, 0.4) is 0 Å². The van der Waals surface area contributed by atoms with Crippen LogP contribution in [0.2, 0.25) is 0 Å². The molecule has 1 unspecified atom stereocenters. The number of phenolic OH excluding ortho intramolecular Hbond substituents is 1. The molecule has 0 bridgehead atoms. The van der Waals surface area contributed by atoms with Gasteiger partial charge in [-0.3, -0.25) is 5.32 Å². The second kappa shape index (κ2) is 7.27. The van der Waals surface area contributed by atoms with E-state index >= 15 is 0 Å². The summed E-state index contributed by atoms with van der Waals surface area (Å²) in [6.45, 7) is 2.63. The molecule has 0 amide bonds. The molecule has 0 aliphatic heterocycles. The molecule has 6 heteroatoms. The number of benzene rings is 1. The zero-order valence-electron chi connectivity index (χ0n) is 10.9. The summed E-state index contributed by atoms with van der Waals surface area (Å²) in [5.41, 5.74) is 8.59.